The van der Waals surface area contributed by atoms with Crippen LogP contribution in [0.1, 0.15) is 18.3 Å². The van der Waals surface area contributed by atoms with E-state index >= 15 is 0 Å². The molecule has 0 amide bonds. The van der Waals surface area contributed by atoms with Gasteiger partial charge in [-0.15, -0.1) is 0 Å². The standard InChI is InChI=1S/C14H18BrN3O/c1-4-9-7-10(5-6-11(9)19-3)13-14(15)18(2)12(8-16)17-13/h5-7H,4,8,16H2,1-3H3. The minimum Gasteiger partial charge on any atom is -0.496 e. The van der Waals surface area contributed by atoms with Crippen LogP contribution in [0.25, 0.3) is 11.3 Å². The quantitative estimate of drug-likeness (QED) is 0.941. The summed E-state index contributed by atoms with van der Waals surface area (Å²) in [6.07, 6.45) is 0.922. The Hall–Kier alpha value is -1.33. The summed E-state index contributed by atoms with van der Waals surface area (Å²) < 4.78 is 8.26. The normalized spacial score (nSPS) is 10.8. The second-order valence-electron chi connectivity index (χ2n) is 4.31. The largest absolute Gasteiger partial charge is 0.496 e. The fourth-order valence-electron chi connectivity index (χ4n) is 2.09. The van der Waals surface area contributed by atoms with Crippen molar-refractivity contribution in [3.05, 3.63) is 34.2 Å². The van der Waals surface area contributed by atoms with Crippen LogP contribution in [0.15, 0.2) is 22.8 Å². The average Bonchev–Trinajstić information content (AvgIpc) is 2.74. The number of aryl methyl sites for hydroxylation is 1. The van der Waals surface area contributed by atoms with E-state index in [2.05, 4.69) is 33.9 Å². The summed E-state index contributed by atoms with van der Waals surface area (Å²) in [5, 5.41) is 0. The zero-order valence-electron chi connectivity index (χ0n) is 11.4. The third kappa shape index (κ3) is 2.53. The van der Waals surface area contributed by atoms with E-state index in [4.69, 9.17) is 10.5 Å². The third-order valence-corrected chi connectivity index (χ3v) is 4.14. The number of ether oxygens (including phenoxy) is 1. The van der Waals surface area contributed by atoms with Crippen LogP contribution in [-0.2, 0) is 20.0 Å². The molecular weight excluding hydrogens is 306 g/mol. The van der Waals surface area contributed by atoms with Crippen LogP contribution in [0, 0.1) is 0 Å². The smallest absolute Gasteiger partial charge is 0.123 e. The number of imidazole rings is 1. The first-order valence-corrected chi connectivity index (χ1v) is 7.00. The maximum atomic E-state index is 5.69. The molecule has 4 nitrogen and oxygen atoms in total. The number of halogens is 1. The van der Waals surface area contributed by atoms with E-state index in [1.807, 2.05) is 23.7 Å². The highest BCUT2D eigenvalue weighted by Gasteiger charge is 2.14. The van der Waals surface area contributed by atoms with Crippen LogP contribution < -0.4 is 10.5 Å². The Labute approximate surface area is 121 Å². The zero-order chi connectivity index (χ0) is 14.0. The fraction of sp³-hybridized carbons (Fsp3) is 0.357. The molecule has 2 N–H and O–H groups in total. The molecule has 5 heteroatoms. The number of rotatable bonds is 4. The van der Waals surface area contributed by atoms with Crippen molar-refractivity contribution in [2.24, 2.45) is 12.8 Å². The maximum absolute atomic E-state index is 5.69. The SMILES string of the molecule is CCc1cc(-c2nc(CN)n(C)c2Br)ccc1OC. The van der Waals surface area contributed by atoms with E-state index in [1.165, 1.54) is 5.56 Å². The van der Waals surface area contributed by atoms with Crippen molar-refractivity contribution in [2.45, 2.75) is 19.9 Å². The molecular formula is C14H18BrN3O. The number of aromatic nitrogens is 2. The second kappa shape index (κ2) is 5.75. The Morgan fingerprint density at radius 3 is 2.68 bits per heavy atom. The molecule has 0 radical (unpaired) electrons. The highest BCUT2D eigenvalue weighted by Crippen LogP contribution is 2.31. The molecule has 0 aliphatic rings. The van der Waals surface area contributed by atoms with E-state index in [0.717, 1.165) is 33.9 Å². The van der Waals surface area contributed by atoms with Gasteiger partial charge in [0.25, 0.3) is 0 Å². The summed E-state index contributed by atoms with van der Waals surface area (Å²) >= 11 is 3.57. The molecule has 1 heterocycles. The van der Waals surface area contributed by atoms with Gasteiger partial charge in [0.15, 0.2) is 0 Å². The topological polar surface area (TPSA) is 53.1 Å². The monoisotopic (exact) mass is 323 g/mol. The van der Waals surface area contributed by atoms with Crippen molar-refractivity contribution in [1.29, 1.82) is 0 Å². The lowest BCUT2D eigenvalue weighted by Crippen LogP contribution is -2.04. The number of nitrogens with two attached hydrogens (primary N) is 1. The molecule has 19 heavy (non-hydrogen) atoms. The number of hydrogen-bond donors (Lipinski definition) is 1. The first-order valence-electron chi connectivity index (χ1n) is 6.20. The molecule has 2 aromatic rings. The summed E-state index contributed by atoms with van der Waals surface area (Å²) in [5.41, 5.74) is 8.85. The summed E-state index contributed by atoms with van der Waals surface area (Å²) in [4.78, 5) is 4.58. The van der Waals surface area contributed by atoms with E-state index < -0.39 is 0 Å². The third-order valence-electron chi connectivity index (χ3n) is 3.24. The van der Waals surface area contributed by atoms with Gasteiger partial charge in [-0.2, -0.15) is 0 Å². The van der Waals surface area contributed by atoms with Gasteiger partial charge in [0.1, 0.15) is 21.9 Å². The van der Waals surface area contributed by atoms with Crippen molar-refractivity contribution in [3.63, 3.8) is 0 Å². The number of benzene rings is 1. The number of hydrogen-bond acceptors (Lipinski definition) is 3. The van der Waals surface area contributed by atoms with Gasteiger partial charge in [-0.25, -0.2) is 4.98 Å². The molecule has 0 fully saturated rings. The molecule has 1 aromatic carbocycles. The number of nitrogens with zero attached hydrogens (tertiary/aromatic N) is 2. The molecule has 0 aliphatic carbocycles. The summed E-state index contributed by atoms with van der Waals surface area (Å²) in [6, 6.07) is 6.12. The van der Waals surface area contributed by atoms with Crippen LogP contribution in [0.5, 0.6) is 5.75 Å². The lowest BCUT2D eigenvalue weighted by Gasteiger charge is -2.08. The molecule has 0 atom stereocenters. The Kier molecular flexibility index (Phi) is 4.27. The van der Waals surface area contributed by atoms with E-state index in [-0.39, 0.29) is 0 Å². The molecule has 1 aromatic heterocycles. The van der Waals surface area contributed by atoms with Crippen LogP contribution in [0.2, 0.25) is 0 Å². The predicted octanol–water partition coefficient (Wildman–Crippen LogP) is 2.88. The van der Waals surface area contributed by atoms with Crippen LogP contribution in [0.4, 0.5) is 0 Å². The van der Waals surface area contributed by atoms with Gasteiger partial charge < -0.3 is 15.0 Å². The highest BCUT2D eigenvalue weighted by atomic mass is 79.9. The molecule has 0 spiro atoms. The molecule has 2 rings (SSSR count). The van der Waals surface area contributed by atoms with Crippen molar-refractivity contribution in [2.75, 3.05) is 7.11 Å². The Morgan fingerprint density at radius 1 is 1.42 bits per heavy atom. The Morgan fingerprint density at radius 2 is 2.16 bits per heavy atom. The van der Waals surface area contributed by atoms with Crippen molar-refractivity contribution < 1.29 is 4.74 Å². The summed E-state index contributed by atoms with van der Waals surface area (Å²) in [5.74, 6) is 1.77. The Balaban J connectivity index is 2.53. The number of methoxy groups -OCH3 is 1. The van der Waals surface area contributed by atoms with Crippen molar-refractivity contribution in [1.82, 2.24) is 9.55 Å². The van der Waals surface area contributed by atoms with Gasteiger partial charge in [0, 0.05) is 12.6 Å². The van der Waals surface area contributed by atoms with Crippen molar-refractivity contribution in [3.8, 4) is 17.0 Å². The second-order valence-corrected chi connectivity index (χ2v) is 5.06. The lowest BCUT2D eigenvalue weighted by molar-refractivity contribution is 0.410. The molecule has 0 saturated carbocycles. The summed E-state index contributed by atoms with van der Waals surface area (Å²) in [6.45, 7) is 2.53. The molecule has 0 unspecified atom stereocenters. The average molecular weight is 324 g/mol. The molecule has 0 bridgehead atoms. The van der Waals surface area contributed by atoms with Gasteiger partial charge in [-0.1, -0.05) is 6.92 Å². The first kappa shape index (κ1) is 14.1. The zero-order valence-corrected chi connectivity index (χ0v) is 13.0. The van der Waals surface area contributed by atoms with Crippen LogP contribution >= 0.6 is 15.9 Å². The van der Waals surface area contributed by atoms with Gasteiger partial charge >= 0.3 is 0 Å². The highest BCUT2D eigenvalue weighted by molar-refractivity contribution is 9.10. The van der Waals surface area contributed by atoms with Gasteiger partial charge in [-0.05, 0) is 46.1 Å². The van der Waals surface area contributed by atoms with Crippen molar-refractivity contribution >= 4 is 15.9 Å². The van der Waals surface area contributed by atoms with Gasteiger partial charge in [0.05, 0.1) is 13.7 Å². The van der Waals surface area contributed by atoms with Crippen LogP contribution in [0.3, 0.4) is 0 Å². The van der Waals surface area contributed by atoms with E-state index in [0.29, 0.717) is 6.54 Å². The minimum absolute atomic E-state index is 0.423. The van der Waals surface area contributed by atoms with E-state index in [1.54, 1.807) is 7.11 Å². The van der Waals surface area contributed by atoms with Gasteiger partial charge in [0.2, 0.25) is 0 Å². The maximum Gasteiger partial charge on any atom is 0.123 e. The summed E-state index contributed by atoms with van der Waals surface area (Å²) in [7, 11) is 3.64. The van der Waals surface area contributed by atoms with Crippen LogP contribution in [-0.4, -0.2) is 16.7 Å². The Bertz CT molecular complexity index is 593. The molecule has 0 aliphatic heterocycles. The molecule has 102 valence electrons. The molecule has 0 saturated heterocycles. The minimum atomic E-state index is 0.423. The van der Waals surface area contributed by atoms with Gasteiger partial charge in [-0.3, -0.25) is 0 Å². The predicted molar refractivity (Wildman–Crippen MR) is 80.2 cm³/mol. The first-order chi connectivity index (χ1) is 9.12. The fourth-order valence-corrected chi connectivity index (χ4v) is 2.61. The van der Waals surface area contributed by atoms with E-state index in [9.17, 15) is 0 Å². The lowest BCUT2D eigenvalue weighted by atomic mass is 10.1.